The fourth-order valence-electron chi connectivity index (χ4n) is 2.50. The number of allylic oxidation sites excluding steroid dienone is 1. The maximum absolute atomic E-state index is 14.5. The zero-order chi connectivity index (χ0) is 17.3. The summed E-state index contributed by atoms with van der Waals surface area (Å²) in [5.41, 5.74) is 1.13. The number of nitrogens with zero attached hydrogens (tertiary/aromatic N) is 3. The van der Waals surface area contributed by atoms with Crippen LogP contribution in [-0.4, -0.2) is 33.7 Å². The van der Waals surface area contributed by atoms with Crippen molar-refractivity contribution in [3.8, 4) is 0 Å². The standard InChI is InChI=1S/C16H14ClF2N5/c1-2-5-24-8-9(6-20)15-12(7-21-23-15)22-16(24)13-11(18)4-3-10(17)14(13)19/h3-4,6-8,20H,2,5H2,1H3,(H,21,23). The van der Waals surface area contributed by atoms with E-state index in [0.29, 0.717) is 23.5 Å². The predicted molar refractivity (Wildman–Crippen MR) is 89.9 cm³/mol. The first-order chi connectivity index (χ1) is 11.6. The molecule has 0 bridgehead atoms. The van der Waals surface area contributed by atoms with Crippen molar-refractivity contribution in [3.05, 3.63) is 52.4 Å². The lowest BCUT2D eigenvalue weighted by Gasteiger charge is -2.22. The Hall–Kier alpha value is -2.54. The first-order valence-electron chi connectivity index (χ1n) is 7.32. The van der Waals surface area contributed by atoms with Crippen molar-refractivity contribution in [2.75, 3.05) is 6.54 Å². The van der Waals surface area contributed by atoms with Crippen LogP contribution < -0.4 is 0 Å². The van der Waals surface area contributed by atoms with E-state index in [1.165, 1.54) is 12.3 Å². The molecular weight excluding hydrogens is 336 g/mol. The van der Waals surface area contributed by atoms with Crippen LogP contribution in [0.3, 0.4) is 0 Å². The summed E-state index contributed by atoms with van der Waals surface area (Å²) < 4.78 is 28.9. The Bertz CT molecular complexity index is 856. The molecule has 2 heterocycles. The van der Waals surface area contributed by atoms with Gasteiger partial charge in [-0.15, -0.1) is 0 Å². The van der Waals surface area contributed by atoms with E-state index < -0.39 is 11.6 Å². The van der Waals surface area contributed by atoms with E-state index in [2.05, 4.69) is 15.2 Å². The van der Waals surface area contributed by atoms with Crippen LogP contribution in [0.2, 0.25) is 5.02 Å². The molecule has 0 amide bonds. The van der Waals surface area contributed by atoms with Crippen LogP contribution in [0, 0.1) is 17.0 Å². The Labute approximate surface area is 142 Å². The highest BCUT2D eigenvalue weighted by atomic mass is 35.5. The number of nitrogens with one attached hydrogen (secondary N) is 2. The van der Waals surface area contributed by atoms with Crippen LogP contribution in [0.5, 0.6) is 0 Å². The molecule has 124 valence electrons. The molecule has 0 radical (unpaired) electrons. The van der Waals surface area contributed by atoms with Crippen molar-refractivity contribution in [2.45, 2.75) is 13.3 Å². The van der Waals surface area contributed by atoms with Gasteiger partial charge in [0.1, 0.15) is 17.3 Å². The van der Waals surface area contributed by atoms with Gasteiger partial charge in [-0.25, -0.2) is 13.8 Å². The van der Waals surface area contributed by atoms with Gasteiger partial charge in [-0.1, -0.05) is 18.5 Å². The van der Waals surface area contributed by atoms with Gasteiger partial charge in [0.05, 0.1) is 22.5 Å². The smallest absolute Gasteiger partial charge is 0.155 e. The summed E-state index contributed by atoms with van der Waals surface area (Å²) in [5, 5.41) is 14.1. The molecule has 0 aliphatic carbocycles. The third-order valence-corrected chi connectivity index (χ3v) is 3.88. The number of aromatic nitrogens is 2. The van der Waals surface area contributed by atoms with Crippen LogP contribution >= 0.6 is 11.6 Å². The molecule has 24 heavy (non-hydrogen) atoms. The molecule has 1 aromatic heterocycles. The van der Waals surface area contributed by atoms with E-state index in [1.54, 1.807) is 11.1 Å². The minimum atomic E-state index is -0.867. The van der Waals surface area contributed by atoms with Gasteiger partial charge in [-0.2, -0.15) is 5.10 Å². The van der Waals surface area contributed by atoms with Gasteiger partial charge in [0.2, 0.25) is 0 Å². The second kappa shape index (κ2) is 6.52. The zero-order valence-corrected chi connectivity index (χ0v) is 13.5. The summed E-state index contributed by atoms with van der Waals surface area (Å²) in [4.78, 5) is 6.00. The van der Waals surface area contributed by atoms with Gasteiger partial charge in [-0.05, 0) is 18.6 Å². The SMILES string of the molecule is CCCN1C=C(C=N)c2[nH]ncc2N=C1c1c(F)ccc(Cl)c1F. The monoisotopic (exact) mass is 349 g/mol. The molecule has 0 fully saturated rings. The molecule has 1 aromatic carbocycles. The average molecular weight is 350 g/mol. The molecule has 0 saturated carbocycles. The number of halogens is 3. The molecule has 1 aliphatic rings. The van der Waals surface area contributed by atoms with Crippen molar-refractivity contribution in [2.24, 2.45) is 4.99 Å². The largest absolute Gasteiger partial charge is 0.332 e. The second-order valence-corrected chi connectivity index (χ2v) is 5.61. The molecular formula is C16H14ClF2N5. The summed E-state index contributed by atoms with van der Waals surface area (Å²) in [5.74, 6) is -1.53. The number of aromatic amines is 1. The maximum Gasteiger partial charge on any atom is 0.155 e. The number of fused-ring (bicyclic) bond motifs is 1. The summed E-state index contributed by atoms with van der Waals surface area (Å²) in [6.45, 7) is 2.41. The molecule has 1 aliphatic heterocycles. The lowest BCUT2D eigenvalue weighted by molar-refractivity contribution is 0.531. The third-order valence-electron chi connectivity index (χ3n) is 3.59. The topological polar surface area (TPSA) is 68.1 Å². The van der Waals surface area contributed by atoms with Crippen molar-refractivity contribution in [1.29, 1.82) is 5.41 Å². The molecule has 2 N–H and O–H groups in total. The fourth-order valence-corrected chi connectivity index (χ4v) is 2.66. The van der Waals surface area contributed by atoms with Crippen molar-refractivity contribution in [3.63, 3.8) is 0 Å². The summed E-state index contributed by atoms with van der Waals surface area (Å²) >= 11 is 5.82. The van der Waals surface area contributed by atoms with Crippen LogP contribution in [0.1, 0.15) is 24.6 Å². The number of benzene rings is 1. The molecule has 3 rings (SSSR count). The number of hydrogen-bond donors (Lipinski definition) is 2. The van der Waals surface area contributed by atoms with E-state index in [-0.39, 0.29) is 16.4 Å². The van der Waals surface area contributed by atoms with Gasteiger partial charge < -0.3 is 10.3 Å². The highest BCUT2D eigenvalue weighted by molar-refractivity contribution is 6.31. The Kier molecular flexibility index (Phi) is 4.44. The van der Waals surface area contributed by atoms with Gasteiger partial charge in [-0.3, -0.25) is 5.10 Å². The van der Waals surface area contributed by atoms with Gasteiger partial charge in [0.25, 0.3) is 0 Å². The molecule has 0 atom stereocenters. The summed E-state index contributed by atoms with van der Waals surface area (Å²) in [6.07, 6.45) is 4.93. The fraction of sp³-hybridized carbons (Fsp3) is 0.188. The summed E-state index contributed by atoms with van der Waals surface area (Å²) in [7, 11) is 0. The molecule has 5 nitrogen and oxygen atoms in total. The zero-order valence-electron chi connectivity index (χ0n) is 12.8. The molecule has 8 heteroatoms. The van der Waals surface area contributed by atoms with Crippen LogP contribution in [-0.2, 0) is 0 Å². The first-order valence-corrected chi connectivity index (χ1v) is 7.69. The maximum atomic E-state index is 14.5. The number of H-pyrrole nitrogens is 1. The second-order valence-electron chi connectivity index (χ2n) is 5.21. The quantitative estimate of drug-likeness (QED) is 0.643. The Morgan fingerprint density at radius 1 is 1.38 bits per heavy atom. The van der Waals surface area contributed by atoms with E-state index >= 15 is 0 Å². The van der Waals surface area contributed by atoms with E-state index in [1.807, 2.05) is 6.92 Å². The van der Waals surface area contributed by atoms with Gasteiger partial charge in [0, 0.05) is 24.5 Å². The minimum absolute atomic E-state index is 0.0915. The average Bonchev–Trinajstić information content (AvgIpc) is 2.97. The number of aliphatic imine (C=N–C) groups is 1. The molecule has 2 aromatic rings. The Morgan fingerprint density at radius 2 is 2.17 bits per heavy atom. The molecule has 0 spiro atoms. The number of hydrogen-bond acceptors (Lipinski definition) is 4. The van der Waals surface area contributed by atoms with E-state index in [9.17, 15) is 8.78 Å². The summed E-state index contributed by atoms with van der Waals surface area (Å²) in [6, 6.07) is 2.27. The van der Waals surface area contributed by atoms with Crippen molar-refractivity contribution in [1.82, 2.24) is 15.1 Å². The molecule has 0 unspecified atom stereocenters. The lowest BCUT2D eigenvalue weighted by atomic mass is 10.1. The van der Waals surface area contributed by atoms with Crippen LogP contribution in [0.15, 0.2) is 29.5 Å². The van der Waals surface area contributed by atoms with E-state index in [4.69, 9.17) is 17.0 Å². The highest BCUT2D eigenvalue weighted by Crippen LogP contribution is 2.31. The highest BCUT2D eigenvalue weighted by Gasteiger charge is 2.26. The Morgan fingerprint density at radius 3 is 2.88 bits per heavy atom. The van der Waals surface area contributed by atoms with Gasteiger partial charge >= 0.3 is 0 Å². The molecule has 0 saturated heterocycles. The number of rotatable bonds is 4. The van der Waals surface area contributed by atoms with Gasteiger partial charge in [0.15, 0.2) is 5.82 Å². The lowest BCUT2D eigenvalue weighted by Crippen LogP contribution is -2.29. The first kappa shape index (κ1) is 16.3. The Balaban J connectivity index is 2.27. The van der Waals surface area contributed by atoms with E-state index in [0.717, 1.165) is 18.7 Å². The third kappa shape index (κ3) is 2.71. The van der Waals surface area contributed by atoms with Crippen LogP contribution in [0.25, 0.3) is 5.57 Å². The number of amidine groups is 1. The predicted octanol–water partition coefficient (Wildman–Crippen LogP) is 4.14. The van der Waals surface area contributed by atoms with Crippen molar-refractivity contribution < 1.29 is 8.78 Å². The minimum Gasteiger partial charge on any atom is -0.332 e. The van der Waals surface area contributed by atoms with Crippen LogP contribution in [0.4, 0.5) is 14.5 Å². The van der Waals surface area contributed by atoms with Crippen molar-refractivity contribution >= 4 is 34.9 Å². The normalized spacial score (nSPS) is 13.9.